The first kappa shape index (κ1) is 55.6. The second-order valence-electron chi connectivity index (χ2n) is 20.0. The van der Waals surface area contributed by atoms with Crippen molar-refractivity contribution in [3.8, 4) is 0 Å². The highest BCUT2D eigenvalue weighted by Gasteiger charge is 2.48. The summed E-state index contributed by atoms with van der Waals surface area (Å²) in [6.45, 7) is 15.4. The molecule has 2 heterocycles. The number of piperazine rings is 2. The zero-order chi connectivity index (χ0) is 52.8. The van der Waals surface area contributed by atoms with E-state index in [-0.39, 0.29) is 29.2 Å². The minimum Gasteiger partial charge on any atom is -0.444 e. The summed E-state index contributed by atoms with van der Waals surface area (Å²) in [6.07, 6.45) is 2.94. The monoisotopic (exact) mass is 1090 g/mol. The van der Waals surface area contributed by atoms with Gasteiger partial charge in [0.1, 0.15) is 16.8 Å². The van der Waals surface area contributed by atoms with Crippen molar-refractivity contribution in [2.45, 2.75) is 85.2 Å². The third-order valence-electron chi connectivity index (χ3n) is 13.2. The molecule has 21 heteroatoms. The largest absolute Gasteiger partial charge is 0.501 e. The average Bonchev–Trinajstić information content (AvgIpc) is 3.33. The average molecular weight is 1090 g/mol. The number of hydrogen-bond donors (Lipinski definition) is 2. The lowest BCUT2D eigenvalue weighted by atomic mass is 9.71. The molecule has 73 heavy (non-hydrogen) atoms. The molecule has 0 saturated carbocycles. The van der Waals surface area contributed by atoms with Crippen LogP contribution in [-0.4, -0.2) is 138 Å². The first-order chi connectivity index (χ1) is 34.4. The summed E-state index contributed by atoms with van der Waals surface area (Å²) >= 11 is 7.58. The van der Waals surface area contributed by atoms with Crippen LogP contribution < -0.4 is 14.9 Å². The van der Waals surface area contributed by atoms with Gasteiger partial charge in [0, 0.05) is 105 Å². The molecule has 2 fully saturated rings. The van der Waals surface area contributed by atoms with Crippen LogP contribution in [0.5, 0.6) is 0 Å². The number of hydrogen-bond acceptors (Lipinski definition) is 13. The van der Waals surface area contributed by atoms with Crippen LogP contribution in [0.2, 0.25) is 5.02 Å². The number of benzene rings is 4. The molecule has 4 aromatic rings. The third-order valence-corrected chi connectivity index (χ3v) is 17.4. The number of allylic oxidation sites excluding steroid dienone is 1. The topological polar surface area (TPSA) is 166 Å². The number of carbonyl (C=O) groups is 3. The highest BCUT2D eigenvalue weighted by atomic mass is 35.5. The van der Waals surface area contributed by atoms with E-state index in [1.165, 1.54) is 40.6 Å². The van der Waals surface area contributed by atoms with Gasteiger partial charge >= 0.3 is 11.6 Å². The van der Waals surface area contributed by atoms with Crippen molar-refractivity contribution >= 4 is 78.5 Å². The van der Waals surface area contributed by atoms with E-state index >= 15 is 0 Å². The number of amides is 2. The number of aldehydes is 1. The molecular weight excluding hydrogens is 1030 g/mol. The summed E-state index contributed by atoms with van der Waals surface area (Å²) < 4.78 is 102. The second kappa shape index (κ2) is 23.2. The molecule has 2 aliphatic heterocycles. The number of rotatable bonds is 17. The highest BCUT2D eigenvalue weighted by molar-refractivity contribution is 7.99. The molecule has 0 radical (unpaired) electrons. The van der Waals surface area contributed by atoms with Crippen molar-refractivity contribution in [1.29, 1.82) is 0 Å². The molecule has 2 amide bonds. The van der Waals surface area contributed by atoms with Crippen LogP contribution in [0, 0.1) is 5.41 Å². The summed E-state index contributed by atoms with van der Waals surface area (Å²) in [5.74, 6) is -0.915. The standard InChI is InChI=1S/C52H62ClF3N6O8S3/c1-50(2,3)70-49(65)62-29-25-60(26-30-62)36-51(4)22-20-45(37-10-14-40(53)15-11-37)39(33-51)34-59-23-27-61(28-24-59)42-16-12-38(13-17-42)48(64)58-73(68,69)44-18-19-46(47(32-44)72(66,67)52(54,55)56)57-41(21-31-63)35-71-43-8-6-5-7-9-43/h5-19,31-32,41,57H,20-30,33-36H2,1-4H3,(H,58,64). The summed E-state index contributed by atoms with van der Waals surface area (Å²) in [5, 5.41) is 3.37. The Balaban J connectivity index is 0.980. The van der Waals surface area contributed by atoms with Gasteiger partial charge in [-0.15, -0.1) is 11.8 Å². The van der Waals surface area contributed by atoms with Gasteiger partial charge in [-0.2, -0.15) is 13.2 Å². The molecule has 2 N–H and O–H groups in total. The Kier molecular flexibility index (Phi) is 17.7. The van der Waals surface area contributed by atoms with E-state index in [1.54, 1.807) is 47.4 Å². The first-order valence-corrected chi connectivity index (χ1v) is 28.4. The van der Waals surface area contributed by atoms with Gasteiger partial charge in [-0.1, -0.05) is 54.4 Å². The molecule has 0 aromatic heterocycles. The second-order valence-corrected chi connectivity index (χ2v) is 25.2. The molecular formula is C52H62ClF3N6O8S3. The number of ether oxygens (including phenoxy) is 1. The summed E-state index contributed by atoms with van der Waals surface area (Å²) in [6, 6.07) is 24.5. The van der Waals surface area contributed by atoms with Gasteiger partial charge in [0.05, 0.1) is 10.6 Å². The summed E-state index contributed by atoms with van der Waals surface area (Å²) in [5.41, 5.74) is -2.22. The van der Waals surface area contributed by atoms with E-state index in [9.17, 15) is 44.4 Å². The van der Waals surface area contributed by atoms with E-state index < -0.39 is 58.4 Å². The van der Waals surface area contributed by atoms with Crippen molar-refractivity contribution in [1.82, 2.24) is 19.4 Å². The maximum absolute atomic E-state index is 14.0. The molecule has 2 saturated heterocycles. The number of thioether (sulfide) groups is 1. The number of sulfone groups is 1. The fourth-order valence-electron chi connectivity index (χ4n) is 9.41. The molecule has 14 nitrogen and oxygen atoms in total. The lowest BCUT2D eigenvalue weighted by Gasteiger charge is -2.44. The van der Waals surface area contributed by atoms with Crippen LogP contribution in [0.4, 0.5) is 29.3 Å². The zero-order valence-corrected chi connectivity index (χ0v) is 44.5. The number of halogens is 4. The van der Waals surface area contributed by atoms with Gasteiger partial charge < -0.3 is 24.6 Å². The molecule has 0 spiro atoms. The van der Waals surface area contributed by atoms with Crippen molar-refractivity contribution in [2.75, 3.05) is 81.4 Å². The smallest absolute Gasteiger partial charge is 0.444 e. The highest BCUT2D eigenvalue weighted by Crippen LogP contribution is 2.44. The van der Waals surface area contributed by atoms with Crippen LogP contribution in [0.1, 0.15) is 69.3 Å². The van der Waals surface area contributed by atoms with E-state index in [1.807, 2.05) is 37.6 Å². The van der Waals surface area contributed by atoms with Crippen LogP contribution >= 0.6 is 23.4 Å². The van der Waals surface area contributed by atoms with Gasteiger partial charge in [0.25, 0.3) is 25.8 Å². The Morgan fingerprint density at radius 2 is 1.49 bits per heavy atom. The number of nitrogens with one attached hydrogen (secondary N) is 2. The molecule has 2 unspecified atom stereocenters. The Hall–Kier alpha value is -5.12. The fourth-order valence-corrected chi connectivity index (χ4v) is 12.5. The van der Waals surface area contributed by atoms with Gasteiger partial charge in [0.15, 0.2) is 0 Å². The Labute approximate surface area is 435 Å². The van der Waals surface area contributed by atoms with Crippen LogP contribution in [0.3, 0.4) is 0 Å². The predicted octanol–water partition coefficient (Wildman–Crippen LogP) is 9.23. The van der Waals surface area contributed by atoms with E-state index in [0.29, 0.717) is 43.6 Å². The first-order valence-electron chi connectivity index (χ1n) is 24.1. The van der Waals surface area contributed by atoms with Crippen molar-refractivity contribution in [2.24, 2.45) is 5.41 Å². The molecule has 2 atom stereocenters. The Morgan fingerprint density at radius 3 is 2.11 bits per heavy atom. The Morgan fingerprint density at radius 1 is 0.849 bits per heavy atom. The third kappa shape index (κ3) is 14.6. The maximum Gasteiger partial charge on any atom is 0.501 e. The van der Waals surface area contributed by atoms with Gasteiger partial charge in [0.2, 0.25) is 0 Å². The number of nitrogens with zero attached hydrogens (tertiary/aromatic N) is 4. The van der Waals surface area contributed by atoms with E-state index in [2.05, 4.69) is 39.1 Å². The maximum atomic E-state index is 14.0. The Bertz CT molecular complexity index is 2860. The van der Waals surface area contributed by atoms with Crippen molar-refractivity contribution in [3.63, 3.8) is 0 Å². The number of carbonyl (C=O) groups excluding carboxylic acids is 3. The normalized spacial score (nSPS) is 19.1. The minimum atomic E-state index is -6.12. The molecule has 0 bridgehead atoms. The van der Waals surface area contributed by atoms with Gasteiger partial charge in [-0.3, -0.25) is 14.6 Å². The lowest BCUT2D eigenvalue weighted by Crippen LogP contribution is -2.52. The lowest BCUT2D eigenvalue weighted by molar-refractivity contribution is -0.108. The molecule has 1 aliphatic carbocycles. The predicted molar refractivity (Wildman–Crippen MR) is 279 cm³/mol. The van der Waals surface area contributed by atoms with Crippen LogP contribution in [0.25, 0.3) is 5.57 Å². The minimum absolute atomic E-state index is 0.0257. The molecule has 7 rings (SSSR count). The summed E-state index contributed by atoms with van der Waals surface area (Å²) in [4.78, 5) is 45.0. The summed E-state index contributed by atoms with van der Waals surface area (Å²) in [7, 11) is -11.0. The number of sulfonamides is 1. The van der Waals surface area contributed by atoms with Crippen LogP contribution in [0.15, 0.2) is 117 Å². The molecule has 394 valence electrons. The number of anilines is 2. The van der Waals surface area contributed by atoms with Gasteiger partial charge in [-0.25, -0.2) is 26.4 Å². The van der Waals surface area contributed by atoms with Crippen molar-refractivity contribution in [3.05, 3.63) is 119 Å². The van der Waals surface area contributed by atoms with E-state index in [0.717, 1.165) is 81.2 Å². The zero-order valence-electron chi connectivity index (χ0n) is 41.3. The number of alkyl halides is 3. The van der Waals surface area contributed by atoms with E-state index in [4.69, 9.17) is 16.3 Å². The van der Waals surface area contributed by atoms with Crippen molar-refractivity contribution < 1.29 is 49.1 Å². The van der Waals surface area contributed by atoms with Gasteiger partial charge in [-0.05, 0) is 123 Å². The quantitative estimate of drug-likeness (QED) is 0.0760. The SMILES string of the molecule is CC1(CN2CCN(C(=O)OC(C)(C)C)CC2)CCC(c2ccc(Cl)cc2)=C(CN2CCN(c3ccc(C(=O)NS(=O)(=O)c4ccc(NC(CC=O)CSc5ccccc5)c(S(=O)(=O)C(F)(F)F)c4)cc3)CC2)C1. The fraction of sp³-hybridized carbons (Fsp3) is 0.442. The molecule has 4 aromatic carbocycles. The van der Waals surface area contributed by atoms with Crippen LogP contribution in [-0.2, 0) is 29.4 Å². The molecule has 3 aliphatic rings.